The molecule has 0 bridgehead atoms. The van der Waals surface area contributed by atoms with Crippen LogP contribution in [0.3, 0.4) is 0 Å². The van der Waals surface area contributed by atoms with Gasteiger partial charge in [0.1, 0.15) is 0 Å². The molecule has 100 valence electrons. The van der Waals surface area contributed by atoms with E-state index >= 15 is 0 Å². The highest BCUT2D eigenvalue weighted by atomic mass is 16.2. The first-order valence-electron chi connectivity index (χ1n) is 6.97. The monoisotopic (exact) mass is 240 g/mol. The van der Waals surface area contributed by atoms with Crippen LogP contribution in [-0.4, -0.2) is 30.9 Å². The van der Waals surface area contributed by atoms with Crippen LogP contribution in [0.5, 0.6) is 0 Å². The fraction of sp³-hybridized carbons (Fsp3) is 0.929. The minimum Gasteiger partial charge on any atom is -0.345 e. The van der Waals surface area contributed by atoms with Crippen LogP contribution in [0.1, 0.15) is 52.4 Å². The maximum absolute atomic E-state index is 12.6. The Balaban J connectivity index is 2.73. The van der Waals surface area contributed by atoms with E-state index in [0.29, 0.717) is 12.5 Å². The Morgan fingerprint density at radius 2 is 1.76 bits per heavy atom. The summed E-state index contributed by atoms with van der Waals surface area (Å²) >= 11 is 0. The van der Waals surface area contributed by atoms with Crippen molar-refractivity contribution in [3.63, 3.8) is 0 Å². The van der Waals surface area contributed by atoms with Gasteiger partial charge < -0.3 is 10.6 Å². The first-order valence-corrected chi connectivity index (χ1v) is 6.97. The molecular weight excluding hydrogens is 212 g/mol. The Hall–Kier alpha value is -0.570. The van der Waals surface area contributed by atoms with Gasteiger partial charge in [-0.25, -0.2) is 0 Å². The zero-order valence-corrected chi connectivity index (χ0v) is 11.7. The quantitative estimate of drug-likeness (QED) is 0.767. The average Bonchev–Trinajstić information content (AvgIpc) is 2.53. The van der Waals surface area contributed by atoms with Gasteiger partial charge in [-0.15, -0.1) is 0 Å². The Labute approximate surface area is 106 Å². The number of rotatable bonds is 4. The molecule has 1 rings (SSSR count). The van der Waals surface area contributed by atoms with E-state index in [9.17, 15) is 4.79 Å². The molecule has 2 N–H and O–H groups in total. The van der Waals surface area contributed by atoms with Gasteiger partial charge in [0.2, 0.25) is 5.91 Å². The van der Waals surface area contributed by atoms with Crippen LogP contribution in [-0.2, 0) is 4.79 Å². The number of carbonyl (C=O) groups is 1. The van der Waals surface area contributed by atoms with Crippen molar-refractivity contribution in [1.82, 2.24) is 4.90 Å². The molecular formula is C14H28N2O. The van der Waals surface area contributed by atoms with Crippen molar-refractivity contribution in [2.45, 2.75) is 52.4 Å². The molecule has 0 aliphatic heterocycles. The summed E-state index contributed by atoms with van der Waals surface area (Å²) in [5.41, 5.74) is 5.67. The number of amides is 1. The SMILES string of the molecule is CC(C)CN(C)C(=O)C1(CN)CCCCCC1. The molecule has 1 fully saturated rings. The van der Waals surface area contributed by atoms with E-state index in [4.69, 9.17) is 5.73 Å². The van der Waals surface area contributed by atoms with Gasteiger partial charge in [0, 0.05) is 20.1 Å². The summed E-state index contributed by atoms with van der Waals surface area (Å²) in [5.74, 6) is 0.792. The average molecular weight is 240 g/mol. The lowest BCUT2D eigenvalue weighted by Gasteiger charge is -2.34. The highest BCUT2D eigenvalue weighted by Crippen LogP contribution is 2.35. The predicted octanol–water partition coefficient (Wildman–Crippen LogP) is 2.40. The summed E-state index contributed by atoms with van der Waals surface area (Å²) in [7, 11) is 1.92. The number of carbonyl (C=O) groups excluding carboxylic acids is 1. The van der Waals surface area contributed by atoms with Gasteiger partial charge >= 0.3 is 0 Å². The van der Waals surface area contributed by atoms with Crippen LogP contribution in [0.15, 0.2) is 0 Å². The number of hydrogen-bond donors (Lipinski definition) is 1. The molecule has 0 heterocycles. The molecule has 3 nitrogen and oxygen atoms in total. The van der Waals surface area contributed by atoms with Gasteiger partial charge in [0.25, 0.3) is 0 Å². The van der Waals surface area contributed by atoms with E-state index in [-0.39, 0.29) is 11.3 Å². The second kappa shape index (κ2) is 6.39. The number of nitrogens with zero attached hydrogens (tertiary/aromatic N) is 1. The predicted molar refractivity (Wildman–Crippen MR) is 71.7 cm³/mol. The Bertz CT molecular complexity index is 243. The van der Waals surface area contributed by atoms with Crippen LogP contribution in [0, 0.1) is 11.3 Å². The summed E-state index contributed by atoms with van der Waals surface area (Å²) in [4.78, 5) is 14.5. The highest BCUT2D eigenvalue weighted by Gasteiger charge is 2.38. The molecule has 1 aliphatic rings. The zero-order valence-electron chi connectivity index (χ0n) is 11.7. The van der Waals surface area contributed by atoms with Gasteiger partial charge in [0.05, 0.1) is 5.41 Å². The Morgan fingerprint density at radius 1 is 1.24 bits per heavy atom. The molecule has 0 aromatic carbocycles. The first kappa shape index (κ1) is 14.5. The number of nitrogens with two attached hydrogens (primary N) is 1. The molecule has 0 radical (unpaired) electrons. The standard InChI is InChI=1S/C14H28N2O/c1-12(2)10-16(3)13(17)14(11-15)8-6-4-5-7-9-14/h12H,4-11,15H2,1-3H3. The topological polar surface area (TPSA) is 46.3 Å². The molecule has 1 saturated carbocycles. The highest BCUT2D eigenvalue weighted by molar-refractivity contribution is 5.82. The third-order valence-corrected chi connectivity index (χ3v) is 3.89. The van der Waals surface area contributed by atoms with Crippen molar-refractivity contribution in [3.8, 4) is 0 Å². The van der Waals surface area contributed by atoms with E-state index in [1.165, 1.54) is 12.8 Å². The van der Waals surface area contributed by atoms with Crippen molar-refractivity contribution in [3.05, 3.63) is 0 Å². The smallest absolute Gasteiger partial charge is 0.229 e. The largest absolute Gasteiger partial charge is 0.345 e. The van der Waals surface area contributed by atoms with Crippen molar-refractivity contribution in [1.29, 1.82) is 0 Å². The molecule has 0 aromatic rings. The first-order chi connectivity index (χ1) is 8.02. The van der Waals surface area contributed by atoms with E-state index in [2.05, 4.69) is 13.8 Å². The second-order valence-electron chi connectivity index (χ2n) is 5.98. The summed E-state index contributed by atoms with van der Waals surface area (Å²) < 4.78 is 0. The van der Waals surface area contributed by atoms with Gasteiger partial charge in [-0.3, -0.25) is 4.79 Å². The lowest BCUT2D eigenvalue weighted by molar-refractivity contribution is -0.141. The van der Waals surface area contributed by atoms with Crippen LogP contribution in [0.2, 0.25) is 0 Å². The lowest BCUT2D eigenvalue weighted by atomic mass is 9.79. The third kappa shape index (κ3) is 3.70. The van der Waals surface area contributed by atoms with E-state index in [1.807, 2.05) is 11.9 Å². The maximum atomic E-state index is 12.6. The molecule has 17 heavy (non-hydrogen) atoms. The molecule has 0 atom stereocenters. The summed E-state index contributed by atoms with van der Waals surface area (Å²) in [6.45, 7) is 5.63. The molecule has 0 spiro atoms. The molecule has 0 unspecified atom stereocenters. The van der Waals surface area contributed by atoms with Gasteiger partial charge in [-0.1, -0.05) is 39.5 Å². The Kier molecular flexibility index (Phi) is 5.44. The van der Waals surface area contributed by atoms with Crippen LogP contribution in [0.25, 0.3) is 0 Å². The third-order valence-electron chi connectivity index (χ3n) is 3.89. The fourth-order valence-electron chi connectivity index (χ4n) is 2.95. The van der Waals surface area contributed by atoms with Crippen LogP contribution >= 0.6 is 0 Å². The van der Waals surface area contributed by atoms with Gasteiger partial charge in [0.15, 0.2) is 0 Å². The molecule has 3 heteroatoms. The molecule has 1 aliphatic carbocycles. The van der Waals surface area contributed by atoms with Crippen molar-refractivity contribution in [2.24, 2.45) is 17.1 Å². The lowest BCUT2D eigenvalue weighted by Crippen LogP contribution is -2.47. The summed E-state index contributed by atoms with van der Waals surface area (Å²) in [5, 5.41) is 0. The second-order valence-corrected chi connectivity index (χ2v) is 5.98. The maximum Gasteiger partial charge on any atom is 0.229 e. The molecule has 1 amide bonds. The fourth-order valence-corrected chi connectivity index (χ4v) is 2.95. The van der Waals surface area contributed by atoms with E-state index < -0.39 is 0 Å². The van der Waals surface area contributed by atoms with Crippen molar-refractivity contribution >= 4 is 5.91 Å². The minimum atomic E-state index is -0.264. The van der Waals surface area contributed by atoms with E-state index in [1.54, 1.807) is 0 Å². The van der Waals surface area contributed by atoms with E-state index in [0.717, 1.165) is 32.2 Å². The molecule has 0 saturated heterocycles. The molecule has 0 aromatic heterocycles. The van der Waals surface area contributed by atoms with Gasteiger partial charge in [-0.05, 0) is 18.8 Å². The summed E-state index contributed by atoms with van der Waals surface area (Å²) in [6.07, 6.45) is 6.76. The number of hydrogen-bond acceptors (Lipinski definition) is 2. The zero-order chi connectivity index (χ0) is 12.9. The normalized spacial score (nSPS) is 20.1. The Morgan fingerprint density at radius 3 is 2.18 bits per heavy atom. The van der Waals surface area contributed by atoms with Crippen molar-refractivity contribution in [2.75, 3.05) is 20.1 Å². The van der Waals surface area contributed by atoms with Crippen LogP contribution < -0.4 is 5.73 Å². The summed E-state index contributed by atoms with van der Waals surface area (Å²) in [6, 6.07) is 0. The van der Waals surface area contributed by atoms with Crippen LogP contribution in [0.4, 0.5) is 0 Å². The van der Waals surface area contributed by atoms with Crippen molar-refractivity contribution < 1.29 is 4.79 Å². The van der Waals surface area contributed by atoms with Gasteiger partial charge in [-0.2, -0.15) is 0 Å². The minimum absolute atomic E-state index is 0.264.